The Morgan fingerprint density at radius 2 is 1.78 bits per heavy atom. The first-order valence-corrected chi connectivity index (χ1v) is 8.54. The quantitative estimate of drug-likeness (QED) is 0.875. The Morgan fingerprint density at radius 1 is 1.17 bits per heavy atom. The third kappa shape index (κ3) is 3.39. The predicted molar refractivity (Wildman–Crippen MR) is 87.1 cm³/mol. The van der Waals surface area contributed by atoms with Crippen molar-refractivity contribution in [3.8, 4) is 0 Å². The van der Waals surface area contributed by atoms with Gasteiger partial charge in [-0.25, -0.2) is 17.9 Å². The van der Waals surface area contributed by atoms with Crippen LogP contribution in [0.2, 0.25) is 5.02 Å². The highest BCUT2D eigenvalue weighted by molar-refractivity contribution is 7.89. The number of aryl methyl sites for hydroxylation is 1. The van der Waals surface area contributed by atoms with Gasteiger partial charge in [0.1, 0.15) is 0 Å². The molecule has 1 N–H and O–H groups in total. The van der Waals surface area contributed by atoms with E-state index in [1.807, 2.05) is 0 Å². The normalized spacial score (nSPS) is 13.0. The molecule has 0 saturated heterocycles. The van der Waals surface area contributed by atoms with E-state index in [4.69, 9.17) is 11.6 Å². The maximum absolute atomic E-state index is 12.5. The molecule has 2 aromatic rings. The van der Waals surface area contributed by atoms with Crippen molar-refractivity contribution >= 4 is 21.6 Å². The van der Waals surface area contributed by atoms with Crippen LogP contribution < -0.4 is 16.0 Å². The molecule has 0 bridgehead atoms. The molecule has 0 radical (unpaired) electrons. The molecule has 2 rings (SSSR count). The Morgan fingerprint density at radius 3 is 2.39 bits per heavy atom. The molecule has 1 aromatic heterocycles. The standard InChI is InChI=1S/C14H16ClN3O4S/c1-9(10-6-4-5-7-11(10)15)16-23(21,22)12-8-17(2)14(20)18(3)13(12)19/h4-9,16H,1-3H3. The lowest BCUT2D eigenvalue weighted by Crippen LogP contribution is -2.41. The molecule has 7 nitrogen and oxygen atoms in total. The van der Waals surface area contributed by atoms with Gasteiger partial charge < -0.3 is 4.57 Å². The van der Waals surface area contributed by atoms with Crippen molar-refractivity contribution in [3.05, 3.63) is 61.9 Å². The van der Waals surface area contributed by atoms with Gasteiger partial charge in [-0.2, -0.15) is 0 Å². The molecule has 23 heavy (non-hydrogen) atoms. The van der Waals surface area contributed by atoms with Crippen molar-refractivity contribution in [2.75, 3.05) is 0 Å². The van der Waals surface area contributed by atoms with E-state index in [2.05, 4.69) is 4.72 Å². The second-order valence-electron chi connectivity index (χ2n) is 5.12. The molecule has 1 aromatic carbocycles. The van der Waals surface area contributed by atoms with Crippen LogP contribution in [0.4, 0.5) is 0 Å². The zero-order valence-corrected chi connectivity index (χ0v) is 14.4. The number of rotatable bonds is 4. The Balaban J connectivity index is 2.47. The van der Waals surface area contributed by atoms with E-state index in [1.54, 1.807) is 31.2 Å². The average Bonchev–Trinajstić information content (AvgIpc) is 2.48. The third-order valence-corrected chi connectivity index (χ3v) is 5.28. The summed E-state index contributed by atoms with van der Waals surface area (Å²) in [6.45, 7) is 1.62. The van der Waals surface area contributed by atoms with Crippen LogP contribution in [0.15, 0.2) is 44.9 Å². The molecular formula is C14H16ClN3O4S. The summed E-state index contributed by atoms with van der Waals surface area (Å²) in [5.41, 5.74) is -0.903. The van der Waals surface area contributed by atoms with Crippen molar-refractivity contribution in [3.63, 3.8) is 0 Å². The molecule has 1 atom stereocenters. The highest BCUT2D eigenvalue weighted by Gasteiger charge is 2.24. The number of nitrogens with zero attached hydrogens (tertiary/aromatic N) is 2. The van der Waals surface area contributed by atoms with Gasteiger partial charge in [-0.15, -0.1) is 0 Å². The fourth-order valence-corrected chi connectivity index (χ4v) is 3.83. The Hall–Kier alpha value is -1.90. The minimum atomic E-state index is -4.12. The number of hydrogen-bond acceptors (Lipinski definition) is 4. The first-order chi connectivity index (χ1) is 10.6. The second kappa shape index (κ2) is 6.31. The van der Waals surface area contributed by atoms with Crippen molar-refractivity contribution in [2.24, 2.45) is 14.1 Å². The SMILES string of the molecule is CC(NS(=O)(=O)c1cn(C)c(=O)n(C)c1=O)c1ccccc1Cl. The average molecular weight is 358 g/mol. The fraction of sp³-hybridized carbons (Fsp3) is 0.286. The smallest absolute Gasteiger partial charge is 0.302 e. The van der Waals surface area contributed by atoms with E-state index in [0.29, 0.717) is 10.6 Å². The second-order valence-corrected chi connectivity index (χ2v) is 7.21. The maximum atomic E-state index is 12.5. The molecule has 9 heteroatoms. The Labute approximate surface area is 138 Å². The molecule has 1 unspecified atom stereocenters. The summed E-state index contributed by atoms with van der Waals surface area (Å²) >= 11 is 6.05. The molecular weight excluding hydrogens is 342 g/mol. The third-order valence-electron chi connectivity index (χ3n) is 3.41. The Bertz CT molecular complexity index is 963. The summed E-state index contributed by atoms with van der Waals surface area (Å²) in [5, 5.41) is 0.413. The molecule has 0 amide bonds. The molecule has 0 saturated carbocycles. The number of aromatic nitrogens is 2. The lowest BCUT2D eigenvalue weighted by molar-refractivity contribution is 0.557. The molecule has 0 aliphatic carbocycles. The number of benzene rings is 1. The lowest BCUT2D eigenvalue weighted by Gasteiger charge is -2.16. The summed E-state index contributed by atoms with van der Waals surface area (Å²) < 4.78 is 29.1. The molecule has 0 fully saturated rings. The van der Waals surface area contributed by atoms with Gasteiger partial charge in [0.05, 0.1) is 0 Å². The van der Waals surface area contributed by atoms with Crippen molar-refractivity contribution < 1.29 is 8.42 Å². The summed E-state index contributed by atoms with van der Waals surface area (Å²) in [4.78, 5) is 23.2. The zero-order chi connectivity index (χ0) is 17.4. The Kier molecular flexibility index (Phi) is 4.79. The van der Waals surface area contributed by atoms with E-state index in [0.717, 1.165) is 15.3 Å². The van der Waals surface area contributed by atoms with Crippen LogP contribution in [0.25, 0.3) is 0 Å². The van der Waals surface area contributed by atoms with Crippen molar-refractivity contribution in [2.45, 2.75) is 17.9 Å². The topological polar surface area (TPSA) is 90.2 Å². The highest BCUT2D eigenvalue weighted by Crippen LogP contribution is 2.23. The van der Waals surface area contributed by atoms with Crippen LogP contribution in [-0.4, -0.2) is 17.6 Å². The summed E-state index contributed by atoms with van der Waals surface area (Å²) in [6.07, 6.45) is 1.01. The zero-order valence-electron chi connectivity index (χ0n) is 12.8. The van der Waals surface area contributed by atoms with Gasteiger partial charge >= 0.3 is 5.69 Å². The fourth-order valence-electron chi connectivity index (χ4n) is 2.15. The molecule has 124 valence electrons. The predicted octanol–water partition coefficient (Wildman–Crippen LogP) is 0.777. The van der Waals surface area contributed by atoms with E-state index >= 15 is 0 Å². The van der Waals surface area contributed by atoms with Crippen LogP contribution >= 0.6 is 11.6 Å². The van der Waals surface area contributed by atoms with Crippen LogP contribution in [0, 0.1) is 0 Å². The number of halogens is 1. The van der Waals surface area contributed by atoms with Crippen molar-refractivity contribution in [1.82, 2.24) is 13.9 Å². The number of hydrogen-bond donors (Lipinski definition) is 1. The van der Waals surface area contributed by atoms with Gasteiger partial charge in [0.25, 0.3) is 5.56 Å². The van der Waals surface area contributed by atoms with E-state index in [1.165, 1.54) is 14.1 Å². The number of nitrogens with one attached hydrogen (secondary N) is 1. The summed E-state index contributed by atoms with van der Waals surface area (Å²) in [5.74, 6) is 0. The first kappa shape index (κ1) is 17.5. The van der Waals surface area contributed by atoms with Gasteiger partial charge in [-0.3, -0.25) is 9.36 Å². The van der Waals surface area contributed by atoms with Gasteiger partial charge in [0.2, 0.25) is 10.0 Å². The van der Waals surface area contributed by atoms with Crippen LogP contribution in [0.5, 0.6) is 0 Å². The van der Waals surface area contributed by atoms with E-state index in [9.17, 15) is 18.0 Å². The van der Waals surface area contributed by atoms with Gasteiger partial charge in [0, 0.05) is 31.4 Å². The molecule has 0 aliphatic rings. The molecule has 1 heterocycles. The minimum absolute atomic E-state index is 0.413. The first-order valence-electron chi connectivity index (χ1n) is 6.68. The summed E-state index contributed by atoms with van der Waals surface area (Å²) in [6, 6.07) is 6.16. The minimum Gasteiger partial charge on any atom is -0.302 e. The monoisotopic (exact) mass is 357 g/mol. The largest absolute Gasteiger partial charge is 0.330 e. The van der Waals surface area contributed by atoms with E-state index < -0.39 is 32.2 Å². The van der Waals surface area contributed by atoms with Crippen LogP contribution in [-0.2, 0) is 24.1 Å². The van der Waals surface area contributed by atoms with Gasteiger partial charge in [0.15, 0.2) is 4.90 Å². The highest BCUT2D eigenvalue weighted by atomic mass is 35.5. The van der Waals surface area contributed by atoms with Crippen LogP contribution in [0.3, 0.4) is 0 Å². The van der Waals surface area contributed by atoms with Crippen LogP contribution in [0.1, 0.15) is 18.5 Å². The van der Waals surface area contributed by atoms with E-state index in [-0.39, 0.29) is 0 Å². The molecule has 0 spiro atoms. The van der Waals surface area contributed by atoms with Crippen molar-refractivity contribution in [1.29, 1.82) is 0 Å². The van der Waals surface area contributed by atoms with Gasteiger partial charge in [-0.05, 0) is 18.6 Å². The summed E-state index contributed by atoms with van der Waals surface area (Å²) in [7, 11) is -1.52. The maximum Gasteiger partial charge on any atom is 0.330 e. The number of sulfonamides is 1. The molecule has 0 aliphatic heterocycles. The lowest BCUT2D eigenvalue weighted by atomic mass is 10.1. The van der Waals surface area contributed by atoms with Gasteiger partial charge in [-0.1, -0.05) is 29.8 Å².